The molecule has 0 aliphatic carbocycles. The van der Waals surface area contributed by atoms with Gasteiger partial charge in [-0.25, -0.2) is 9.97 Å². The van der Waals surface area contributed by atoms with E-state index in [0.29, 0.717) is 0 Å². The molecule has 0 saturated heterocycles. The largest absolute Gasteiger partial charge is 0.370 e. The molecule has 1 heterocycles. The Balaban J connectivity index is 2.91. The van der Waals surface area contributed by atoms with Crippen LogP contribution in [0.3, 0.4) is 0 Å². The maximum absolute atomic E-state index is 11.9. The van der Waals surface area contributed by atoms with Crippen LogP contribution in [0.4, 0.5) is 11.6 Å². The van der Waals surface area contributed by atoms with E-state index in [0.717, 1.165) is 36.6 Å². The van der Waals surface area contributed by atoms with Crippen molar-refractivity contribution < 1.29 is 4.79 Å². The van der Waals surface area contributed by atoms with Crippen molar-refractivity contribution in [2.75, 3.05) is 31.3 Å². The van der Waals surface area contributed by atoms with Crippen LogP contribution in [0.2, 0.25) is 0 Å². The number of carbonyl (C=O) groups is 1. The molecule has 0 radical (unpaired) electrons. The molecule has 0 aliphatic heterocycles. The van der Waals surface area contributed by atoms with Crippen molar-refractivity contribution in [3.05, 3.63) is 11.9 Å². The standard InChI is InChI=1S/C14H25N5O/c1-6-8-15-12-11(7-2)13(17-9-16-12)18-10(3)14(20)19(4)5/h9-10H,6-8H2,1-5H3,(H2,15,16,17,18). The molecule has 0 aliphatic rings. The summed E-state index contributed by atoms with van der Waals surface area (Å²) < 4.78 is 0. The Morgan fingerprint density at radius 1 is 1.30 bits per heavy atom. The minimum Gasteiger partial charge on any atom is -0.370 e. The quantitative estimate of drug-likeness (QED) is 0.795. The van der Waals surface area contributed by atoms with Gasteiger partial charge in [-0.15, -0.1) is 0 Å². The van der Waals surface area contributed by atoms with E-state index in [1.807, 2.05) is 6.92 Å². The number of likely N-dealkylation sites (N-methyl/N-ethyl adjacent to an activating group) is 1. The molecule has 0 bridgehead atoms. The molecule has 0 fully saturated rings. The summed E-state index contributed by atoms with van der Waals surface area (Å²) >= 11 is 0. The second-order valence-electron chi connectivity index (χ2n) is 4.93. The molecule has 0 aromatic carbocycles. The Kier molecular flexibility index (Phi) is 6.21. The van der Waals surface area contributed by atoms with Crippen molar-refractivity contribution >= 4 is 17.5 Å². The lowest BCUT2D eigenvalue weighted by molar-refractivity contribution is -0.129. The van der Waals surface area contributed by atoms with Gasteiger partial charge in [-0.3, -0.25) is 4.79 Å². The number of nitrogens with one attached hydrogen (secondary N) is 2. The third-order valence-corrected chi connectivity index (χ3v) is 3.01. The molecule has 112 valence electrons. The van der Waals surface area contributed by atoms with Gasteiger partial charge in [0.15, 0.2) is 0 Å². The van der Waals surface area contributed by atoms with Crippen molar-refractivity contribution in [1.29, 1.82) is 0 Å². The molecule has 20 heavy (non-hydrogen) atoms. The highest BCUT2D eigenvalue weighted by atomic mass is 16.2. The van der Waals surface area contributed by atoms with Gasteiger partial charge in [0.05, 0.1) is 0 Å². The number of aromatic nitrogens is 2. The molecule has 1 amide bonds. The highest BCUT2D eigenvalue weighted by molar-refractivity contribution is 5.84. The summed E-state index contributed by atoms with van der Waals surface area (Å²) in [6.45, 7) is 6.87. The lowest BCUT2D eigenvalue weighted by atomic mass is 10.2. The first-order valence-electron chi connectivity index (χ1n) is 7.06. The van der Waals surface area contributed by atoms with E-state index >= 15 is 0 Å². The van der Waals surface area contributed by atoms with Crippen molar-refractivity contribution in [3.8, 4) is 0 Å². The van der Waals surface area contributed by atoms with E-state index in [1.165, 1.54) is 6.33 Å². The van der Waals surface area contributed by atoms with E-state index in [-0.39, 0.29) is 11.9 Å². The topological polar surface area (TPSA) is 70.1 Å². The fourth-order valence-corrected chi connectivity index (χ4v) is 1.92. The monoisotopic (exact) mass is 279 g/mol. The third kappa shape index (κ3) is 4.08. The molecule has 1 aromatic heterocycles. The normalized spacial score (nSPS) is 11.8. The fraction of sp³-hybridized carbons (Fsp3) is 0.643. The van der Waals surface area contributed by atoms with Crippen LogP contribution in [0.5, 0.6) is 0 Å². The van der Waals surface area contributed by atoms with Crippen LogP contribution in [0.1, 0.15) is 32.8 Å². The first-order chi connectivity index (χ1) is 9.51. The maximum atomic E-state index is 11.9. The number of hydrogen-bond donors (Lipinski definition) is 2. The van der Waals surface area contributed by atoms with Crippen LogP contribution < -0.4 is 10.6 Å². The summed E-state index contributed by atoms with van der Waals surface area (Å²) in [4.78, 5) is 22.0. The Hall–Kier alpha value is -1.85. The fourth-order valence-electron chi connectivity index (χ4n) is 1.92. The van der Waals surface area contributed by atoms with Crippen LogP contribution >= 0.6 is 0 Å². The first kappa shape index (κ1) is 16.2. The summed E-state index contributed by atoms with van der Waals surface area (Å²) in [5.74, 6) is 1.59. The van der Waals surface area contributed by atoms with Gasteiger partial charge in [0.1, 0.15) is 24.0 Å². The zero-order valence-corrected chi connectivity index (χ0v) is 13.0. The van der Waals surface area contributed by atoms with Gasteiger partial charge in [0.25, 0.3) is 0 Å². The predicted molar refractivity (Wildman–Crippen MR) is 82.0 cm³/mol. The molecule has 6 nitrogen and oxygen atoms in total. The van der Waals surface area contributed by atoms with Crippen molar-refractivity contribution in [2.45, 2.75) is 39.7 Å². The number of hydrogen-bond acceptors (Lipinski definition) is 5. The molecule has 0 saturated carbocycles. The number of rotatable bonds is 7. The van der Waals surface area contributed by atoms with Crippen molar-refractivity contribution in [3.63, 3.8) is 0 Å². The molecular weight excluding hydrogens is 254 g/mol. The summed E-state index contributed by atoms with van der Waals surface area (Å²) in [6, 6.07) is -0.316. The lowest BCUT2D eigenvalue weighted by Crippen LogP contribution is -2.37. The number of anilines is 2. The van der Waals surface area contributed by atoms with Crippen molar-refractivity contribution in [1.82, 2.24) is 14.9 Å². The molecule has 1 aromatic rings. The van der Waals surface area contributed by atoms with Gasteiger partial charge in [-0.05, 0) is 19.8 Å². The SMILES string of the molecule is CCCNc1ncnc(NC(C)C(=O)N(C)C)c1CC. The molecular formula is C14H25N5O. The number of carbonyl (C=O) groups excluding carboxylic acids is 1. The predicted octanol–water partition coefficient (Wildman–Crippen LogP) is 1.75. The van der Waals surface area contributed by atoms with Crippen molar-refractivity contribution in [2.24, 2.45) is 0 Å². The molecule has 1 rings (SSSR count). The second-order valence-corrected chi connectivity index (χ2v) is 4.93. The number of amides is 1. The van der Waals surface area contributed by atoms with E-state index in [2.05, 4.69) is 34.4 Å². The lowest BCUT2D eigenvalue weighted by Gasteiger charge is -2.20. The summed E-state index contributed by atoms with van der Waals surface area (Å²) in [7, 11) is 3.49. The van der Waals surface area contributed by atoms with E-state index in [9.17, 15) is 4.79 Å². The molecule has 1 atom stereocenters. The minimum atomic E-state index is -0.316. The summed E-state index contributed by atoms with van der Waals surface area (Å²) in [5.41, 5.74) is 1.01. The van der Waals surface area contributed by atoms with Gasteiger partial charge in [-0.2, -0.15) is 0 Å². The van der Waals surface area contributed by atoms with E-state index in [4.69, 9.17) is 0 Å². The van der Waals surface area contributed by atoms with Crippen LogP contribution in [-0.2, 0) is 11.2 Å². The number of nitrogens with zero attached hydrogens (tertiary/aromatic N) is 3. The first-order valence-corrected chi connectivity index (χ1v) is 7.06. The smallest absolute Gasteiger partial charge is 0.244 e. The van der Waals surface area contributed by atoms with Crippen LogP contribution in [0.25, 0.3) is 0 Å². The summed E-state index contributed by atoms with van der Waals surface area (Å²) in [5, 5.41) is 6.47. The Morgan fingerprint density at radius 3 is 2.50 bits per heavy atom. The molecule has 2 N–H and O–H groups in total. The Morgan fingerprint density at radius 2 is 1.95 bits per heavy atom. The average molecular weight is 279 g/mol. The van der Waals surface area contributed by atoms with Gasteiger partial charge in [0, 0.05) is 26.2 Å². The highest BCUT2D eigenvalue weighted by Gasteiger charge is 2.17. The maximum Gasteiger partial charge on any atom is 0.244 e. The van der Waals surface area contributed by atoms with E-state index < -0.39 is 0 Å². The minimum absolute atomic E-state index is 0.0220. The van der Waals surface area contributed by atoms with Gasteiger partial charge >= 0.3 is 0 Å². The third-order valence-electron chi connectivity index (χ3n) is 3.01. The average Bonchev–Trinajstić information content (AvgIpc) is 2.44. The zero-order valence-electron chi connectivity index (χ0n) is 13.0. The van der Waals surface area contributed by atoms with Crippen LogP contribution in [-0.4, -0.2) is 47.5 Å². The Labute approximate surface area is 121 Å². The molecule has 1 unspecified atom stereocenters. The molecule has 0 spiro atoms. The Bertz CT molecular complexity index is 447. The zero-order chi connectivity index (χ0) is 15.1. The van der Waals surface area contributed by atoms with Crippen LogP contribution in [0, 0.1) is 0 Å². The summed E-state index contributed by atoms with van der Waals surface area (Å²) in [6.07, 6.45) is 3.36. The van der Waals surface area contributed by atoms with Gasteiger partial charge < -0.3 is 15.5 Å². The van der Waals surface area contributed by atoms with Crippen LogP contribution in [0.15, 0.2) is 6.33 Å². The molecule has 6 heteroatoms. The second kappa shape index (κ2) is 7.67. The van der Waals surface area contributed by atoms with Gasteiger partial charge in [-0.1, -0.05) is 13.8 Å². The van der Waals surface area contributed by atoms with Gasteiger partial charge in [0.2, 0.25) is 5.91 Å². The highest BCUT2D eigenvalue weighted by Crippen LogP contribution is 2.21. The van der Waals surface area contributed by atoms with E-state index in [1.54, 1.807) is 19.0 Å².